The van der Waals surface area contributed by atoms with E-state index in [1.807, 2.05) is 0 Å². The summed E-state index contributed by atoms with van der Waals surface area (Å²) in [5.41, 5.74) is 0. The van der Waals surface area contributed by atoms with Crippen molar-refractivity contribution in [3.63, 3.8) is 0 Å². The Kier molecular flexibility index (Phi) is 11.1. The zero-order valence-corrected chi connectivity index (χ0v) is 11.6. The Hall–Kier alpha value is 2.00. The van der Waals surface area contributed by atoms with E-state index in [0.29, 0.717) is 0 Å². The van der Waals surface area contributed by atoms with Crippen LogP contribution in [0.25, 0.3) is 0 Å². The molecule has 0 bridgehead atoms. The van der Waals surface area contributed by atoms with Crippen LogP contribution in [0, 0.1) is 0 Å². The van der Waals surface area contributed by atoms with Crippen molar-refractivity contribution >= 4 is 29.3 Å². The van der Waals surface area contributed by atoms with E-state index >= 15 is 0 Å². The fourth-order valence-corrected chi connectivity index (χ4v) is 4.57. The quantitative estimate of drug-likeness (QED) is 0.352. The Morgan fingerprint density at radius 1 is 1.20 bits per heavy atom. The van der Waals surface area contributed by atoms with Crippen LogP contribution in [0.1, 0.15) is 26.7 Å². The van der Waals surface area contributed by atoms with Crippen molar-refractivity contribution < 1.29 is 29.6 Å². The molecule has 0 aliphatic carbocycles. The van der Waals surface area contributed by atoms with E-state index in [-0.39, 0.29) is 29.6 Å². The van der Waals surface area contributed by atoms with Crippen molar-refractivity contribution in [1.82, 2.24) is 0 Å². The molecule has 0 amide bonds. The number of hydrogen-bond donors (Lipinski definition) is 0. The van der Waals surface area contributed by atoms with E-state index in [2.05, 4.69) is 13.8 Å². The molecule has 0 aromatic heterocycles. The molecular weight excluding hydrogens is 190 g/mol. The first kappa shape index (κ1) is 14.5. The monoisotopic (exact) mass is 204 g/mol. The van der Waals surface area contributed by atoms with E-state index in [4.69, 9.17) is 24.1 Å². The van der Waals surface area contributed by atoms with Gasteiger partial charge in [0.25, 0.3) is 0 Å². The average molecular weight is 204 g/mol. The molecule has 0 aromatic carbocycles. The largest absolute Gasteiger partial charge is 1.00 e. The van der Waals surface area contributed by atoms with Crippen LogP contribution in [0.15, 0.2) is 0 Å². The molecule has 0 fully saturated rings. The molecule has 0 saturated carbocycles. The van der Waals surface area contributed by atoms with Gasteiger partial charge in [0.05, 0.1) is 0 Å². The Bertz CT molecular complexity index is 106. The SMILES string of the molecule is CCCP(=S)([S-])CCC.[Na+]. The third-order valence-electron chi connectivity index (χ3n) is 1.13. The molecule has 0 rings (SSSR count). The van der Waals surface area contributed by atoms with Crippen molar-refractivity contribution in [1.29, 1.82) is 0 Å². The standard InChI is InChI=1S/C6H15PS2.Na/c1-3-5-7(8,9)6-4-2;/h3-6H2,1-2H3,(H,8,9);/q;+1/p-1. The molecule has 0 aliphatic rings. The first-order valence-electron chi connectivity index (χ1n) is 3.41. The predicted molar refractivity (Wildman–Crippen MR) is 52.0 cm³/mol. The summed E-state index contributed by atoms with van der Waals surface area (Å²) < 4.78 is 0. The Labute approximate surface area is 97.0 Å². The van der Waals surface area contributed by atoms with Crippen LogP contribution >= 0.6 is 5.24 Å². The van der Waals surface area contributed by atoms with Crippen molar-refractivity contribution in [2.45, 2.75) is 26.7 Å². The molecule has 0 N–H and O–H groups in total. The molecule has 0 unspecified atom stereocenters. The fourth-order valence-electron chi connectivity index (χ4n) is 0.793. The van der Waals surface area contributed by atoms with Crippen molar-refractivity contribution in [2.24, 2.45) is 0 Å². The smallest absolute Gasteiger partial charge is 0.746 e. The Morgan fingerprint density at radius 2 is 1.50 bits per heavy atom. The van der Waals surface area contributed by atoms with Gasteiger partial charge in [0.2, 0.25) is 0 Å². The molecule has 0 nitrogen and oxygen atoms in total. The van der Waals surface area contributed by atoms with Gasteiger partial charge < -0.3 is 12.2 Å². The summed E-state index contributed by atoms with van der Waals surface area (Å²) in [6.07, 6.45) is 4.57. The Morgan fingerprint density at radius 3 is 1.70 bits per heavy atom. The molecular formula is C6H14NaPS2. The number of hydrogen-bond acceptors (Lipinski definition) is 2. The zero-order chi connectivity index (χ0) is 7.33. The first-order chi connectivity index (χ1) is 4.12. The Balaban J connectivity index is 0. The van der Waals surface area contributed by atoms with Gasteiger partial charge in [0, 0.05) is 0 Å². The van der Waals surface area contributed by atoms with Gasteiger partial charge in [-0.2, -0.15) is 5.24 Å². The van der Waals surface area contributed by atoms with Crippen molar-refractivity contribution in [3.05, 3.63) is 0 Å². The summed E-state index contributed by atoms with van der Waals surface area (Å²) in [5, 5.41) is -1.28. The van der Waals surface area contributed by atoms with Gasteiger partial charge >= 0.3 is 29.6 Å². The van der Waals surface area contributed by atoms with E-state index < -0.39 is 5.24 Å². The van der Waals surface area contributed by atoms with E-state index in [1.54, 1.807) is 0 Å². The van der Waals surface area contributed by atoms with Crippen LogP contribution in [0.3, 0.4) is 0 Å². The maximum atomic E-state index is 5.27. The molecule has 0 atom stereocenters. The summed E-state index contributed by atoms with van der Waals surface area (Å²) in [7, 11) is 0. The third-order valence-corrected chi connectivity index (χ3v) is 5.58. The van der Waals surface area contributed by atoms with E-state index in [0.717, 1.165) is 12.3 Å². The predicted octanol–water partition coefficient (Wildman–Crippen LogP) is -0.248. The van der Waals surface area contributed by atoms with Crippen molar-refractivity contribution in [3.8, 4) is 0 Å². The molecule has 0 aliphatic heterocycles. The molecule has 10 heavy (non-hydrogen) atoms. The van der Waals surface area contributed by atoms with Gasteiger partial charge in [-0.1, -0.05) is 26.7 Å². The van der Waals surface area contributed by atoms with Gasteiger partial charge in [0.15, 0.2) is 0 Å². The minimum atomic E-state index is -1.28. The van der Waals surface area contributed by atoms with Gasteiger partial charge in [-0.15, -0.1) is 11.8 Å². The van der Waals surface area contributed by atoms with Gasteiger partial charge in [-0.05, 0) is 12.3 Å². The molecule has 4 heteroatoms. The average Bonchev–Trinajstić information content (AvgIpc) is 1.64. The van der Waals surface area contributed by atoms with Crippen molar-refractivity contribution in [2.75, 3.05) is 12.3 Å². The molecule has 0 heterocycles. The summed E-state index contributed by atoms with van der Waals surface area (Å²) in [6.45, 7) is 4.31. The van der Waals surface area contributed by atoms with Gasteiger partial charge in [-0.3, -0.25) is 0 Å². The second kappa shape index (κ2) is 7.64. The van der Waals surface area contributed by atoms with Crippen LogP contribution in [0.2, 0.25) is 0 Å². The van der Waals surface area contributed by atoms with Crippen LogP contribution in [-0.2, 0) is 24.1 Å². The van der Waals surface area contributed by atoms with Crippen LogP contribution < -0.4 is 29.6 Å². The van der Waals surface area contributed by atoms with Crippen LogP contribution in [-0.4, -0.2) is 12.3 Å². The summed E-state index contributed by atoms with van der Waals surface area (Å²) in [5.74, 6) is 0. The second-order valence-corrected chi connectivity index (χ2v) is 9.67. The van der Waals surface area contributed by atoms with Crippen LogP contribution in [0.4, 0.5) is 0 Å². The maximum Gasteiger partial charge on any atom is 1.00 e. The third kappa shape index (κ3) is 8.10. The topological polar surface area (TPSA) is 0 Å². The molecule has 0 radical (unpaired) electrons. The number of rotatable bonds is 4. The molecule has 0 spiro atoms. The zero-order valence-electron chi connectivity index (χ0n) is 7.09. The van der Waals surface area contributed by atoms with E-state index in [9.17, 15) is 0 Å². The summed E-state index contributed by atoms with van der Waals surface area (Å²) in [4.78, 5) is 0. The minimum Gasteiger partial charge on any atom is -0.746 e. The first-order valence-corrected chi connectivity index (χ1v) is 7.60. The van der Waals surface area contributed by atoms with Gasteiger partial charge in [-0.25, -0.2) is 0 Å². The molecule has 0 aromatic rings. The van der Waals surface area contributed by atoms with Crippen LogP contribution in [0.5, 0.6) is 0 Å². The molecule has 0 saturated heterocycles. The van der Waals surface area contributed by atoms with E-state index in [1.165, 1.54) is 12.8 Å². The maximum absolute atomic E-state index is 5.27. The molecule has 56 valence electrons. The minimum absolute atomic E-state index is 0. The normalized spacial score (nSPS) is 10.7. The summed E-state index contributed by atoms with van der Waals surface area (Å²) in [6, 6.07) is 0. The van der Waals surface area contributed by atoms with Gasteiger partial charge in [0.1, 0.15) is 0 Å². The fraction of sp³-hybridized carbons (Fsp3) is 1.00. The second-order valence-electron chi connectivity index (χ2n) is 2.26. The summed E-state index contributed by atoms with van der Waals surface area (Å²) >= 11 is 10.5.